The lowest BCUT2D eigenvalue weighted by Crippen LogP contribution is -2.45. The molecule has 0 saturated heterocycles. The van der Waals surface area contributed by atoms with Crippen molar-refractivity contribution in [3.63, 3.8) is 0 Å². The van der Waals surface area contributed by atoms with E-state index in [1.807, 2.05) is 55.1 Å². The number of carbonyl (C=O) groups is 1. The number of aryl methyl sites for hydroxylation is 2. The number of ether oxygens (including phenoxy) is 2. The largest absolute Gasteiger partial charge is 0.497 e. The molecule has 0 unspecified atom stereocenters. The number of methoxy groups -OCH3 is 1. The third-order valence-corrected chi connectivity index (χ3v) is 13.8. The lowest BCUT2D eigenvalue weighted by atomic mass is 10.1. The van der Waals surface area contributed by atoms with Crippen molar-refractivity contribution >= 4 is 25.4 Å². The van der Waals surface area contributed by atoms with Crippen LogP contribution in [0.15, 0.2) is 47.9 Å². The van der Waals surface area contributed by atoms with E-state index >= 15 is 0 Å². The van der Waals surface area contributed by atoms with Crippen molar-refractivity contribution < 1.29 is 14.3 Å². The molecule has 0 atom stereocenters. The second-order valence-corrected chi connectivity index (χ2v) is 15.5. The van der Waals surface area contributed by atoms with Crippen LogP contribution in [-0.2, 0) is 4.79 Å². The zero-order chi connectivity index (χ0) is 23.8. The fraction of sp³-hybridized carbons (Fsp3) is 0.444. The fourth-order valence-electron chi connectivity index (χ4n) is 5.47. The summed E-state index contributed by atoms with van der Waals surface area (Å²) in [6.45, 7) is 17.8. The van der Waals surface area contributed by atoms with Crippen LogP contribution in [0.5, 0.6) is 11.5 Å². The summed E-state index contributed by atoms with van der Waals surface area (Å²) in [7, 11) is -0.378. The average molecular weight is 452 g/mol. The number of para-hydroxylation sites is 1. The van der Waals surface area contributed by atoms with Gasteiger partial charge in [0.15, 0.2) is 11.5 Å². The highest BCUT2D eigenvalue weighted by Gasteiger charge is 2.44. The first-order valence-corrected chi connectivity index (χ1v) is 13.8. The second-order valence-electron chi connectivity index (χ2n) is 9.79. The zero-order valence-corrected chi connectivity index (χ0v) is 21.9. The highest BCUT2D eigenvalue weighted by Crippen LogP contribution is 2.47. The number of hydrogen-bond donors (Lipinski definition) is 0. The van der Waals surface area contributed by atoms with Crippen molar-refractivity contribution in [2.24, 2.45) is 0 Å². The molecule has 0 aliphatic carbocycles. The monoisotopic (exact) mass is 451 g/mol. The van der Waals surface area contributed by atoms with Crippen LogP contribution in [0.4, 0.5) is 11.4 Å². The molecule has 0 aromatic heterocycles. The van der Waals surface area contributed by atoms with E-state index in [-0.39, 0.29) is 5.91 Å². The van der Waals surface area contributed by atoms with Crippen molar-refractivity contribution in [3.05, 3.63) is 59.0 Å². The Bertz CT molecular complexity index is 997. The molecule has 32 heavy (non-hydrogen) atoms. The Kier molecular flexibility index (Phi) is 6.89. The van der Waals surface area contributed by atoms with Gasteiger partial charge in [-0.2, -0.15) is 0 Å². The van der Waals surface area contributed by atoms with Gasteiger partial charge >= 0.3 is 0 Å². The number of nitrogens with zero attached hydrogens (tertiary/aromatic N) is 1. The molecule has 0 radical (unpaired) electrons. The van der Waals surface area contributed by atoms with Crippen LogP contribution in [0.3, 0.4) is 0 Å². The Morgan fingerprint density at radius 3 is 2.00 bits per heavy atom. The van der Waals surface area contributed by atoms with E-state index in [9.17, 15) is 4.79 Å². The van der Waals surface area contributed by atoms with E-state index in [1.54, 1.807) is 7.11 Å². The van der Waals surface area contributed by atoms with Crippen LogP contribution >= 0.6 is 0 Å². The first-order valence-electron chi connectivity index (χ1n) is 11.5. The lowest BCUT2D eigenvalue weighted by molar-refractivity contribution is -0.116. The lowest BCUT2D eigenvalue weighted by Gasteiger charge is -2.42. The van der Waals surface area contributed by atoms with Gasteiger partial charge in [-0.25, -0.2) is 0 Å². The van der Waals surface area contributed by atoms with Gasteiger partial charge in [0.05, 0.1) is 26.6 Å². The van der Waals surface area contributed by atoms with E-state index < -0.39 is 8.07 Å². The van der Waals surface area contributed by atoms with Gasteiger partial charge in [-0.15, -0.1) is 0 Å². The number of anilines is 2. The summed E-state index contributed by atoms with van der Waals surface area (Å²) in [6, 6.07) is 11.8. The number of amides is 1. The van der Waals surface area contributed by atoms with Gasteiger partial charge in [0.1, 0.15) is 5.75 Å². The molecule has 0 saturated carbocycles. The highest BCUT2D eigenvalue weighted by atomic mass is 28.3. The van der Waals surface area contributed by atoms with E-state index in [2.05, 4.69) is 47.2 Å². The third kappa shape index (κ3) is 3.99. The maximum atomic E-state index is 14.1. The molecular weight excluding hydrogens is 414 g/mol. The molecule has 2 aromatic rings. The highest BCUT2D eigenvalue weighted by molar-refractivity contribution is 6.88. The number of hydrogen-bond acceptors (Lipinski definition) is 3. The van der Waals surface area contributed by atoms with Crippen molar-refractivity contribution in [1.82, 2.24) is 0 Å². The maximum Gasteiger partial charge on any atom is 0.297 e. The smallest absolute Gasteiger partial charge is 0.297 e. The molecule has 172 valence electrons. The molecule has 0 N–H and O–H groups in total. The van der Waals surface area contributed by atoms with Crippen LogP contribution in [-0.4, -0.2) is 21.1 Å². The van der Waals surface area contributed by atoms with Gasteiger partial charge in [0.2, 0.25) is 0 Å². The summed E-state index contributed by atoms with van der Waals surface area (Å²) >= 11 is 0. The topological polar surface area (TPSA) is 38.8 Å². The van der Waals surface area contributed by atoms with Gasteiger partial charge < -0.3 is 9.47 Å². The van der Waals surface area contributed by atoms with Crippen LogP contribution in [0.1, 0.15) is 52.7 Å². The Balaban J connectivity index is 2.29. The second kappa shape index (κ2) is 9.14. The van der Waals surface area contributed by atoms with Crippen LogP contribution in [0, 0.1) is 13.8 Å². The molecule has 0 spiro atoms. The SMILES string of the molecule is COc1ccc2c(c1)N(c1c(C)cccc1C)C(=O)/C(=C/[Si](C(C)C)(C(C)C)C(C)C)O2. The fourth-order valence-corrected chi connectivity index (χ4v) is 11.1. The Labute approximate surface area is 194 Å². The summed E-state index contributed by atoms with van der Waals surface area (Å²) in [5.74, 6) is 1.72. The molecule has 2 aromatic carbocycles. The Hall–Kier alpha value is -2.53. The standard InChI is InChI=1S/C27H37NO3Si/c1-17(2)32(18(3)4,19(5)6)16-25-27(29)28(26-20(7)11-10-12-21(26)8)23-15-22(30-9)13-14-24(23)31-25/h10-19H,1-9H3/b25-16-. The minimum absolute atomic E-state index is 0.109. The summed E-state index contributed by atoms with van der Waals surface area (Å²) in [6.07, 6.45) is 0. The van der Waals surface area contributed by atoms with E-state index in [4.69, 9.17) is 9.47 Å². The predicted octanol–water partition coefficient (Wildman–Crippen LogP) is 7.47. The van der Waals surface area contributed by atoms with Crippen molar-refractivity contribution in [1.29, 1.82) is 0 Å². The number of carbonyl (C=O) groups excluding carboxylic acids is 1. The van der Waals surface area contributed by atoms with Crippen LogP contribution < -0.4 is 14.4 Å². The van der Waals surface area contributed by atoms with Gasteiger partial charge in [0.25, 0.3) is 5.91 Å². The third-order valence-electron chi connectivity index (χ3n) is 7.08. The summed E-state index contributed by atoms with van der Waals surface area (Å²) in [5.41, 5.74) is 7.42. The van der Waals surface area contributed by atoms with E-state index in [0.29, 0.717) is 33.9 Å². The van der Waals surface area contributed by atoms with Gasteiger partial charge in [-0.1, -0.05) is 59.7 Å². The number of rotatable bonds is 6. The Morgan fingerprint density at radius 1 is 0.938 bits per heavy atom. The first kappa shape index (κ1) is 24.1. The number of fused-ring (bicyclic) bond motifs is 1. The summed E-state index contributed by atoms with van der Waals surface area (Å²) in [5, 5.41) is 0. The minimum atomic E-state index is -2.01. The zero-order valence-electron chi connectivity index (χ0n) is 20.9. The molecule has 1 heterocycles. The van der Waals surface area contributed by atoms with E-state index in [1.165, 1.54) is 0 Å². The van der Waals surface area contributed by atoms with Gasteiger partial charge in [-0.3, -0.25) is 9.69 Å². The Morgan fingerprint density at radius 2 is 1.50 bits per heavy atom. The van der Waals surface area contributed by atoms with Crippen molar-refractivity contribution in [3.8, 4) is 11.5 Å². The van der Waals surface area contributed by atoms with Crippen LogP contribution in [0.2, 0.25) is 16.6 Å². The van der Waals surface area contributed by atoms with Gasteiger partial charge in [0, 0.05) is 6.07 Å². The molecule has 4 nitrogen and oxygen atoms in total. The van der Waals surface area contributed by atoms with Crippen molar-refractivity contribution in [2.75, 3.05) is 12.0 Å². The van der Waals surface area contributed by atoms with Crippen molar-refractivity contribution in [2.45, 2.75) is 72.0 Å². The first-order chi connectivity index (χ1) is 15.0. The van der Waals surface area contributed by atoms with Gasteiger partial charge in [-0.05, 0) is 59.4 Å². The summed E-state index contributed by atoms with van der Waals surface area (Å²) < 4.78 is 11.8. The molecule has 5 heteroatoms. The molecule has 1 amide bonds. The minimum Gasteiger partial charge on any atom is -0.497 e. The average Bonchev–Trinajstić information content (AvgIpc) is 2.72. The molecule has 1 aliphatic heterocycles. The molecular formula is C27H37NO3Si. The molecule has 3 rings (SSSR count). The maximum absolute atomic E-state index is 14.1. The normalized spacial score (nSPS) is 15.6. The predicted molar refractivity (Wildman–Crippen MR) is 136 cm³/mol. The molecule has 0 fully saturated rings. The van der Waals surface area contributed by atoms with E-state index in [0.717, 1.165) is 22.5 Å². The van der Waals surface area contributed by atoms with Crippen LogP contribution in [0.25, 0.3) is 0 Å². The quantitative estimate of drug-likeness (QED) is 0.338. The molecule has 1 aliphatic rings. The summed E-state index contributed by atoms with van der Waals surface area (Å²) in [4.78, 5) is 15.9. The molecule has 0 bridgehead atoms. The number of benzene rings is 2.